The van der Waals surface area contributed by atoms with Gasteiger partial charge in [0.25, 0.3) is 0 Å². The van der Waals surface area contributed by atoms with Crippen molar-refractivity contribution in [3.05, 3.63) is 35.4 Å². The topological polar surface area (TPSA) is 52.6 Å². The van der Waals surface area contributed by atoms with Crippen LogP contribution in [0.4, 0.5) is 4.79 Å². The summed E-state index contributed by atoms with van der Waals surface area (Å²) < 4.78 is 0. The average Bonchev–Trinajstić information content (AvgIpc) is 3.33. The third-order valence-corrected chi connectivity index (χ3v) is 5.01. The van der Waals surface area contributed by atoms with Crippen molar-refractivity contribution in [2.24, 2.45) is 11.8 Å². The van der Waals surface area contributed by atoms with Gasteiger partial charge in [-0.05, 0) is 43.6 Å². The van der Waals surface area contributed by atoms with Crippen molar-refractivity contribution in [3.63, 3.8) is 0 Å². The molecule has 4 heteroatoms. The van der Waals surface area contributed by atoms with Crippen molar-refractivity contribution in [3.8, 4) is 0 Å². The number of likely N-dealkylation sites (tertiary alicyclic amines) is 1. The van der Waals surface area contributed by atoms with Gasteiger partial charge in [0.1, 0.15) is 0 Å². The lowest BCUT2D eigenvalue weighted by atomic mass is 9.96. The fourth-order valence-electron chi connectivity index (χ4n) is 3.13. The van der Waals surface area contributed by atoms with E-state index in [1.165, 1.54) is 24.0 Å². The van der Waals surface area contributed by atoms with E-state index in [1.54, 1.807) is 4.90 Å². The minimum absolute atomic E-state index is 0.0385. The zero-order chi connectivity index (χ0) is 15.7. The minimum Gasteiger partial charge on any atom is -0.391 e. The van der Waals surface area contributed by atoms with Gasteiger partial charge in [0.2, 0.25) is 0 Å². The maximum absolute atomic E-state index is 12.5. The third-order valence-electron chi connectivity index (χ3n) is 5.01. The molecule has 3 unspecified atom stereocenters. The summed E-state index contributed by atoms with van der Waals surface area (Å²) in [5.41, 5.74) is 2.42. The van der Waals surface area contributed by atoms with Gasteiger partial charge in [-0.2, -0.15) is 0 Å². The first-order valence-corrected chi connectivity index (χ1v) is 8.34. The highest BCUT2D eigenvalue weighted by molar-refractivity contribution is 5.75. The van der Waals surface area contributed by atoms with E-state index in [1.807, 2.05) is 6.92 Å². The Labute approximate surface area is 132 Å². The van der Waals surface area contributed by atoms with E-state index in [4.69, 9.17) is 0 Å². The highest BCUT2D eigenvalue weighted by Gasteiger charge is 2.35. The van der Waals surface area contributed by atoms with Crippen LogP contribution in [0.2, 0.25) is 0 Å². The Kier molecular flexibility index (Phi) is 4.39. The Balaban J connectivity index is 1.66. The molecule has 120 valence electrons. The highest BCUT2D eigenvalue weighted by Crippen LogP contribution is 2.41. The SMILES string of the molecule is Cc1ccc(C(NC(=O)N2CCC(C)C(O)C2)C2CC2)cc1. The number of benzene rings is 1. The van der Waals surface area contributed by atoms with Gasteiger partial charge in [-0.3, -0.25) is 0 Å². The Morgan fingerprint density at radius 3 is 2.55 bits per heavy atom. The van der Waals surface area contributed by atoms with Crippen molar-refractivity contribution in [2.75, 3.05) is 13.1 Å². The fraction of sp³-hybridized carbons (Fsp3) is 0.611. The molecule has 1 heterocycles. The largest absolute Gasteiger partial charge is 0.391 e. The molecule has 1 aliphatic carbocycles. The van der Waals surface area contributed by atoms with Crippen LogP contribution in [0.3, 0.4) is 0 Å². The first-order chi connectivity index (χ1) is 10.5. The van der Waals surface area contributed by atoms with E-state index >= 15 is 0 Å². The van der Waals surface area contributed by atoms with E-state index in [9.17, 15) is 9.90 Å². The number of aryl methyl sites for hydroxylation is 1. The Bertz CT molecular complexity index is 524. The summed E-state index contributed by atoms with van der Waals surface area (Å²) in [7, 11) is 0. The number of β-amino-alcohol motifs (C(OH)–C–C–N with tert-alkyl or cyclic N) is 1. The van der Waals surface area contributed by atoms with Crippen LogP contribution in [0.25, 0.3) is 0 Å². The second-order valence-electron chi connectivity index (χ2n) is 6.95. The molecular weight excluding hydrogens is 276 g/mol. The summed E-state index contributed by atoms with van der Waals surface area (Å²) in [4.78, 5) is 14.3. The molecule has 1 saturated carbocycles. The molecule has 0 radical (unpaired) electrons. The van der Waals surface area contributed by atoms with Crippen molar-refractivity contribution >= 4 is 6.03 Å². The molecule has 0 spiro atoms. The van der Waals surface area contributed by atoms with Crippen LogP contribution in [0.1, 0.15) is 43.4 Å². The lowest BCUT2D eigenvalue weighted by Crippen LogP contribution is -2.50. The Morgan fingerprint density at radius 2 is 1.95 bits per heavy atom. The van der Waals surface area contributed by atoms with Crippen LogP contribution >= 0.6 is 0 Å². The molecule has 0 bridgehead atoms. The molecule has 1 aromatic rings. The van der Waals surface area contributed by atoms with Crippen LogP contribution < -0.4 is 5.32 Å². The van der Waals surface area contributed by atoms with Crippen LogP contribution in [-0.4, -0.2) is 35.2 Å². The number of aliphatic hydroxyl groups is 1. The van der Waals surface area contributed by atoms with Crippen molar-refractivity contribution in [2.45, 2.75) is 45.3 Å². The molecular formula is C18H26N2O2. The molecule has 2 aliphatic rings. The number of hydrogen-bond donors (Lipinski definition) is 2. The summed E-state index contributed by atoms with van der Waals surface area (Å²) in [6.07, 6.45) is 2.82. The average molecular weight is 302 g/mol. The molecule has 1 saturated heterocycles. The number of piperidine rings is 1. The predicted octanol–water partition coefficient (Wildman–Crippen LogP) is 2.86. The normalized spacial score (nSPS) is 26.6. The maximum atomic E-state index is 12.5. The second kappa shape index (κ2) is 6.29. The molecule has 22 heavy (non-hydrogen) atoms. The van der Waals surface area contributed by atoms with Gasteiger partial charge in [0.05, 0.1) is 12.1 Å². The first kappa shape index (κ1) is 15.3. The summed E-state index contributed by atoms with van der Waals surface area (Å²) >= 11 is 0. The molecule has 0 aromatic heterocycles. The number of carbonyl (C=O) groups is 1. The molecule has 1 aromatic carbocycles. The predicted molar refractivity (Wildman–Crippen MR) is 86.5 cm³/mol. The standard InChI is InChI=1S/C18H26N2O2/c1-12-3-5-14(6-4-12)17(15-7-8-15)19-18(22)20-10-9-13(2)16(21)11-20/h3-6,13,15-17,21H,7-11H2,1-2H3,(H,19,22). The van der Waals surface area contributed by atoms with Gasteiger partial charge in [-0.1, -0.05) is 36.8 Å². The zero-order valence-electron chi connectivity index (χ0n) is 13.5. The number of nitrogens with zero attached hydrogens (tertiary/aromatic N) is 1. The van der Waals surface area contributed by atoms with Crippen LogP contribution in [-0.2, 0) is 0 Å². The van der Waals surface area contributed by atoms with Crippen LogP contribution in [0.15, 0.2) is 24.3 Å². The number of urea groups is 1. The van der Waals surface area contributed by atoms with Gasteiger partial charge >= 0.3 is 6.03 Å². The number of aliphatic hydroxyl groups excluding tert-OH is 1. The smallest absolute Gasteiger partial charge is 0.317 e. The molecule has 2 N–H and O–H groups in total. The highest BCUT2D eigenvalue weighted by atomic mass is 16.3. The van der Waals surface area contributed by atoms with Crippen molar-refractivity contribution < 1.29 is 9.90 Å². The summed E-state index contributed by atoms with van der Waals surface area (Å²) in [5, 5.41) is 13.2. The molecule has 3 rings (SSSR count). The van der Waals surface area contributed by atoms with Gasteiger partial charge in [0.15, 0.2) is 0 Å². The minimum atomic E-state index is -0.404. The number of hydrogen-bond acceptors (Lipinski definition) is 2. The number of rotatable bonds is 3. The van der Waals surface area contributed by atoms with Crippen LogP contribution in [0.5, 0.6) is 0 Å². The Hall–Kier alpha value is -1.55. The molecule has 1 aliphatic heterocycles. The fourth-order valence-corrected chi connectivity index (χ4v) is 3.13. The number of carbonyl (C=O) groups excluding carboxylic acids is 1. The second-order valence-corrected chi connectivity index (χ2v) is 6.95. The van der Waals surface area contributed by atoms with Crippen molar-refractivity contribution in [1.82, 2.24) is 10.2 Å². The van der Waals surface area contributed by atoms with E-state index in [0.29, 0.717) is 12.5 Å². The molecule has 2 amide bonds. The van der Waals surface area contributed by atoms with E-state index in [2.05, 4.69) is 36.5 Å². The first-order valence-electron chi connectivity index (χ1n) is 8.34. The van der Waals surface area contributed by atoms with Gasteiger partial charge in [-0.15, -0.1) is 0 Å². The molecule has 2 fully saturated rings. The van der Waals surface area contributed by atoms with Gasteiger partial charge in [-0.25, -0.2) is 4.79 Å². The molecule has 4 nitrogen and oxygen atoms in total. The van der Waals surface area contributed by atoms with E-state index < -0.39 is 6.10 Å². The maximum Gasteiger partial charge on any atom is 0.317 e. The van der Waals surface area contributed by atoms with E-state index in [-0.39, 0.29) is 18.0 Å². The lowest BCUT2D eigenvalue weighted by molar-refractivity contribution is 0.0428. The lowest BCUT2D eigenvalue weighted by Gasteiger charge is -2.35. The number of amides is 2. The van der Waals surface area contributed by atoms with Gasteiger partial charge in [0, 0.05) is 13.1 Å². The summed E-state index contributed by atoms with van der Waals surface area (Å²) in [5.74, 6) is 0.834. The third kappa shape index (κ3) is 3.43. The summed E-state index contributed by atoms with van der Waals surface area (Å²) in [6.45, 7) is 5.29. The summed E-state index contributed by atoms with van der Waals surface area (Å²) in [6, 6.07) is 8.50. The monoisotopic (exact) mass is 302 g/mol. The van der Waals surface area contributed by atoms with Crippen molar-refractivity contribution in [1.29, 1.82) is 0 Å². The van der Waals surface area contributed by atoms with Gasteiger partial charge < -0.3 is 15.3 Å². The molecule has 3 atom stereocenters. The Morgan fingerprint density at radius 1 is 1.27 bits per heavy atom. The zero-order valence-corrected chi connectivity index (χ0v) is 13.5. The number of nitrogens with one attached hydrogen (secondary N) is 1. The quantitative estimate of drug-likeness (QED) is 0.902. The van der Waals surface area contributed by atoms with E-state index in [0.717, 1.165) is 13.0 Å². The van der Waals surface area contributed by atoms with Crippen LogP contribution in [0, 0.1) is 18.8 Å².